The van der Waals surface area contributed by atoms with E-state index in [2.05, 4.69) is 31.1 Å². The van der Waals surface area contributed by atoms with Crippen LogP contribution in [0.25, 0.3) is 0 Å². The van der Waals surface area contributed by atoms with Crippen molar-refractivity contribution in [3.05, 3.63) is 0 Å². The van der Waals surface area contributed by atoms with Gasteiger partial charge in [-0.15, -0.1) is 0 Å². The minimum Gasteiger partial charge on any atom is -0.392 e. The molecule has 0 aromatic rings. The number of nitrogens with one attached hydrogen (secondary N) is 1. The molecule has 0 aliphatic heterocycles. The number of rotatable bonds is 7. The van der Waals surface area contributed by atoms with Gasteiger partial charge in [0, 0.05) is 19.1 Å². The molecule has 1 aliphatic rings. The van der Waals surface area contributed by atoms with E-state index in [0.717, 1.165) is 31.5 Å². The quantitative estimate of drug-likeness (QED) is 0.732. The van der Waals surface area contributed by atoms with Crippen LogP contribution < -0.4 is 5.32 Å². The first-order chi connectivity index (χ1) is 8.52. The van der Waals surface area contributed by atoms with Gasteiger partial charge in [0.05, 0.1) is 6.10 Å². The summed E-state index contributed by atoms with van der Waals surface area (Å²) in [6.45, 7) is 9.50. The van der Waals surface area contributed by atoms with Crippen molar-refractivity contribution in [1.29, 1.82) is 0 Å². The van der Waals surface area contributed by atoms with Crippen LogP contribution in [-0.4, -0.2) is 48.8 Å². The van der Waals surface area contributed by atoms with Gasteiger partial charge in [0.1, 0.15) is 0 Å². The van der Waals surface area contributed by atoms with Crippen LogP contribution in [0.15, 0.2) is 0 Å². The van der Waals surface area contributed by atoms with Crippen molar-refractivity contribution in [3.63, 3.8) is 0 Å². The molecule has 1 saturated carbocycles. The van der Waals surface area contributed by atoms with Crippen molar-refractivity contribution in [2.45, 2.75) is 58.6 Å². The van der Waals surface area contributed by atoms with E-state index in [1.54, 1.807) is 0 Å². The lowest BCUT2D eigenvalue weighted by atomic mass is 9.78. The van der Waals surface area contributed by atoms with Crippen molar-refractivity contribution >= 4 is 0 Å². The maximum Gasteiger partial charge on any atom is 0.0638 e. The van der Waals surface area contributed by atoms with E-state index in [0.29, 0.717) is 6.04 Å². The molecule has 3 nitrogen and oxygen atoms in total. The second-order valence-corrected chi connectivity index (χ2v) is 6.31. The fraction of sp³-hybridized carbons (Fsp3) is 1.00. The summed E-state index contributed by atoms with van der Waals surface area (Å²) in [6, 6.07) is 0.678. The van der Waals surface area contributed by atoms with Crippen LogP contribution in [0.4, 0.5) is 0 Å². The van der Waals surface area contributed by atoms with E-state index < -0.39 is 0 Å². The molecule has 1 rings (SSSR count). The van der Waals surface area contributed by atoms with Crippen LogP contribution in [0.5, 0.6) is 0 Å². The van der Waals surface area contributed by atoms with E-state index in [4.69, 9.17) is 0 Å². The van der Waals surface area contributed by atoms with Crippen LogP contribution in [-0.2, 0) is 0 Å². The summed E-state index contributed by atoms with van der Waals surface area (Å²) < 4.78 is 0. The molecule has 4 unspecified atom stereocenters. The van der Waals surface area contributed by atoms with Crippen molar-refractivity contribution in [2.24, 2.45) is 11.8 Å². The number of aliphatic hydroxyl groups is 1. The van der Waals surface area contributed by atoms with Gasteiger partial charge in [0.15, 0.2) is 0 Å². The lowest BCUT2D eigenvalue weighted by Gasteiger charge is -2.38. The Morgan fingerprint density at radius 1 is 1.39 bits per heavy atom. The Kier molecular flexibility index (Phi) is 7.20. The highest BCUT2D eigenvalue weighted by Gasteiger charge is 2.28. The molecule has 1 aliphatic carbocycles. The van der Waals surface area contributed by atoms with Gasteiger partial charge in [-0.1, -0.05) is 13.8 Å². The van der Waals surface area contributed by atoms with Crippen molar-refractivity contribution in [1.82, 2.24) is 10.2 Å². The van der Waals surface area contributed by atoms with Crippen LogP contribution in [0, 0.1) is 11.8 Å². The Balaban J connectivity index is 2.45. The standard InChI is InChI=1S/C15H32N2O/c1-5-8-16-15-7-6-12(2)9-14(15)11-17(4)10-13(3)18/h12-16,18H,5-11H2,1-4H3. The third-order valence-corrected chi connectivity index (χ3v) is 4.02. The second kappa shape index (κ2) is 8.13. The van der Waals surface area contributed by atoms with Gasteiger partial charge in [-0.05, 0) is 58.0 Å². The zero-order chi connectivity index (χ0) is 13.5. The third-order valence-electron chi connectivity index (χ3n) is 4.02. The lowest BCUT2D eigenvalue weighted by Crippen LogP contribution is -2.46. The Bertz CT molecular complexity index is 219. The van der Waals surface area contributed by atoms with Gasteiger partial charge in [0.25, 0.3) is 0 Å². The Hall–Kier alpha value is -0.120. The molecular formula is C15H32N2O. The van der Waals surface area contributed by atoms with Crippen LogP contribution in [0.2, 0.25) is 0 Å². The molecule has 108 valence electrons. The van der Waals surface area contributed by atoms with Crippen molar-refractivity contribution in [3.8, 4) is 0 Å². The Morgan fingerprint density at radius 3 is 2.72 bits per heavy atom. The normalized spacial score (nSPS) is 30.7. The number of likely N-dealkylation sites (N-methyl/N-ethyl adjacent to an activating group) is 1. The largest absolute Gasteiger partial charge is 0.392 e. The summed E-state index contributed by atoms with van der Waals surface area (Å²) in [6.07, 6.45) is 4.98. The molecule has 1 fully saturated rings. The summed E-state index contributed by atoms with van der Waals surface area (Å²) in [4.78, 5) is 2.29. The van der Waals surface area contributed by atoms with Gasteiger partial charge in [0.2, 0.25) is 0 Å². The predicted octanol–water partition coefficient (Wildman–Crippen LogP) is 2.10. The SMILES string of the molecule is CCCNC1CCC(C)CC1CN(C)CC(C)O. The van der Waals surface area contributed by atoms with Gasteiger partial charge >= 0.3 is 0 Å². The average Bonchev–Trinajstić information content (AvgIpc) is 2.26. The molecule has 2 N–H and O–H groups in total. The highest BCUT2D eigenvalue weighted by molar-refractivity contribution is 4.85. The van der Waals surface area contributed by atoms with Gasteiger partial charge < -0.3 is 15.3 Å². The van der Waals surface area contributed by atoms with Crippen LogP contribution in [0.1, 0.15) is 46.5 Å². The molecule has 0 bridgehead atoms. The third kappa shape index (κ3) is 5.68. The molecule has 0 aromatic heterocycles. The van der Waals surface area contributed by atoms with Gasteiger partial charge in [-0.2, -0.15) is 0 Å². The molecule has 18 heavy (non-hydrogen) atoms. The molecule has 4 atom stereocenters. The van der Waals surface area contributed by atoms with Crippen LogP contribution in [0.3, 0.4) is 0 Å². The van der Waals surface area contributed by atoms with Crippen molar-refractivity contribution < 1.29 is 5.11 Å². The lowest BCUT2D eigenvalue weighted by molar-refractivity contribution is 0.108. The summed E-state index contributed by atoms with van der Waals surface area (Å²) >= 11 is 0. The van der Waals surface area contributed by atoms with E-state index in [1.165, 1.54) is 25.7 Å². The molecular weight excluding hydrogens is 224 g/mol. The van der Waals surface area contributed by atoms with Gasteiger partial charge in [-0.25, -0.2) is 0 Å². The number of hydrogen-bond donors (Lipinski definition) is 2. The number of aliphatic hydroxyl groups excluding tert-OH is 1. The monoisotopic (exact) mass is 256 g/mol. The molecule has 3 heteroatoms. The highest BCUT2D eigenvalue weighted by atomic mass is 16.3. The smallest absolute Gasteiger partial charge is 0.0638 e. The van der Waals surface area contributed by atoms with Crippen molar-refractivity contribution in [2.75, 3.05) is 26.7 Å². The molecule has 0 aromatic carbocycles. The number of nitrogens with zero attached hydrogens (tertiary/aromatic N) is 1. The minimum absolute atomic E-state index is 0.224. The molecule has 0 amide bonds. The first-order valence-electron chi connectivity index (χ1n) is 7.62. The summed E-state index contributed by atoms with van der Waals surface area (Å²) in [5, 5.41) is 13.2. The maximum absolute atomic E-state index is 9.45. The molecule has 0 radical (unpaired) electrons. The van der Waals surface area contributed by atoms with E-state index in [9.17, 15) is 5.11 Å². The summed E-state index contributed by atoms with van der Waals surface area (Å²) in [5.74, 6) is 1.60. The van der Waals surface area contributed by atoms with E-state index in [1.807, 2.05) is 6.92 Å². The van der Waals surface area contributed by atoms with Crippen LogP contribution >= 0.6 is 0 Å². The first-order valence-corrected chi connectivity index (χ1v) is 7.62. The Morgan fingerprint density at radius 2 is 2.11 bits per heavy atom. The first kappa shape index (κ1) is 15.9. The topological polar surface area (TPSA) is 35.5 Å². The zero-order valence-electron chi connectivity index (χ0n) is 12.7. The Labute approximate surface area is 113 Å². The van der Waals surface area contributed by atoms with Gasteiger partial charge in [-0.3, -0.25) is 0 Å². The average molecular weight is 256 g/mol. The highest BCUT2D eigenvalue weighted by Crippen LogP contribution is 2.29. The molecule has 0 saturated heterocycles. The molecule has 0 heterocycles. The van der Waals surface area contributed by atoms with E-state index >= 15 is 0 Å². The predicted molar refractivity (Wildman–Crippen MR) is 77.8 cm³/mol. The number of hydrogen-bond acceptors (Lipinski definition) is 3. The zero-order valence-corrected chi connectivity index (χ0v) is 12.7. The molecule has 0 spiro atoms. The minimum atomic E-state index is -0.224. The summed E-state index contributed by atoms with van der Waals surface area (Å²) in [5.41, 5.74) is 0. The fourth-order valence-electron chi connectivity index (χ4n) is 3.22. The maximum atomic E-state index is 9.45. The second-order valence-electron chi connectivity index (χ2n) is 6.31. The fourth-order valence-corrected chi connectivity index (χ4v) is 3.22. The summed E-state index contributed by atoms with van der Waals surface area (Å²) in [7, 11) is 2.13. The van der Waals surface area contributed by atoms with E-state index in [-0.39, 0.29) is 6.10 Å².